The molecule has 0 amide bonds. The van der Waals surface area contributed by atoms with Gasteiger partial charge in [0.25, 0.3) is 0 Å². The zero-order chi connectivity index (χ0) is 31.9. The van der Waals surface area contributed by atoms with Crippen LogP contribution in [-0.2, 0) is 0 Å². The lowest BCUT2D eigenvalue weighted by atomic mass is 9.93. The molecule has 4 nitrogen and oxygen atoms in total. The van der Waals surface area contributed by atoms with Gasteiger partial charge in [-0.15, -0.1) is 0 Å². The number of hydrogen-bond donors (Lipinski definition) is 0. The molecule has 0 fully saturated rings. The Balaban J connectivity index is 1.18. The average molecular weight is 613 g/mol. The van der Waals surface area contributed by atoms with Crippen LogP contribution in [0.2, 0.25) is 0 Å². The zero-order valence-electron chi connectivity index (χ0n) is 26.0. The molecule has 0 radical (unpaired) electrons. The van der Waals surface area contributed by atoms with Gasteiger partial charge in [0.2, 0.25) is 0 Å². The standard InChI is InChI=1S/C44H28N4/c1-2-16-37-29(9-1)19-20-39-43(37)38-17-3-4-18-40(38)48-44(39)33-13-6-11-31(24-33)30-10-5-12-32(23-30)36-25-41(34-14-7-21-45-27-34)47-42(26-36)35-15-8-22-46-28-35/h1-28H. The van der Waals surface area contributed by atoms with Crippen molar-refractivity contribution in [2.24, 2.45) is 0 Å². The highest BCUT2D eigenvalue weighted by Crippen LogP contribution is 2.38. The number of aromatic nitrogens is 4. The van der Waals surface area contributed by atoms with Crippen LogP contribution in [0.25, 0.3) is 88.5 Å². The first-order chi connectivity index (χ1) is 23.8. The number of pyridine rings is 4. The van der Waals surface area contributed by atoms with Gasteiger partial charge < -0.3 is 0 Å². The number of hydrogen-bond acceptors (Lipinski definition) is 4. The maximum absolute atomic E-state index is 5.24. The summed E-state index contributed by atoms with van der Waals surface area (Å²) in [7, 11) is 0. The van der Waals surface area contributed by atoms with E-state index in [1.54, 1.807) is 12.4 Å². The Labute approximate surface area is 278 Å². The van der Waals surface area contributed by atoms with Crippen LogP contribution in [0.3, 0.4) is 0 Å². The second-order valence-corrected chi connectivity index (χ2v) is 12.0. The number of nitrogens with zero attached hydrogens (tertiary/aromatic N) is 4. The Morgan fingerprint density at radius 2 is 0.938 bits per heavy atom. The molecular weight excluding hydrogens is 585 g/mol. The predicted octanol–water partition coefficient (Wildman–Crippen LogP) is 11.1. The molecule has 224 valence electrons. The molecule has 0 unspecified atom stereocenters. The second kappa shape index (κ2) is 11.7. The van der Waals surface area contributed by atoms with Crippen molar-refractivity contribution in [2.75, 3.05) is 0 Å². The van der Waals surface area contributed by atoms with E-state index in [0.717, 1.165) is 66.9 Å². The minimum absolute atomic E-state index is 0.869. The summed E-state index contributed by atoms with van der Waals surface area (Å²) < 4.78 is 0. The molecule has 0 aliphatic carbocycles. The molecule has 5 aromatic carbocycles. The van der Waals surface area contributed by atoms with Crippen molar-refractivity contribution >= 4 is 32.4 Å². The van der Waals surface area contributed by atoms with Crippen LogP contribution in [0.4, 0.5) is 0 Å². The van der Waals surface area contributed by atoms with Crippen molar-refractivity contribution in [3.05, 3.63) is 170 Å². The SMILES string of the molecule is c1cc(-c2cccc(-c3nc4ccccc4c4c3ccc3ccccc34)c2)cc(-c2cc(-c3cccnc3)nc(-c3cccnc3)c2)c1. The number of benzene rings is 5. The van der Waals surface area contributed by atoms with E-state index >= 15 is 0 Å². The molecule has 0 spiro atoms. The number of rotatable bonds is 5. The van der Waals surface area contributed by atoms with Gasteiger partial charge >= 0.3 is 0 Å². The molecule has 48 heavy (non-hydrogen) atoms. The highest BCUT2D eigenvalue weighted by Gasteiger charge is 2.15. The topological polar surface area (TPSA) is 51.6 Å². The number of fused-ring (bicyclic) bond motifs is 5. The monoisotopic (exact) mass is 612 g/mol. The largest absolute Gasteiger partial charge is 0.264 e. The summed E-state index contributed by atoms with van der Waals surface area (Å²) >= 11 is 0. The maximum atomic E-state index is 5.24. The summed E-state index contributed by atoms with van der Waals surface area (Å²) in [6.07, 6.45) is 7.28. The van der Waals surface area contributed by atoms with Crippen molar-refractivity contribution in [3.8, 4) is 56.0 Å². The Kier molecular flexibility index (Phi) is 6.76. The van der Waals surface area contributed by atoms with E-state index in [-0.39, 0.29) is 0 Å². The molecule has 0 aliphatic rings. The predicted molar refractivity (Wildman–Crippen MR) is 197 cm³/mol. The molecule has 0 saturated heterocycles. The third kappa shape index (κ3) is 4.97. The van der Waals surface area contributed by atoms with Crippen molar-refractivity contribution in [3.63, 3.8) is 0 Å². The molecular formula is C44H28N4. The third-order valence-electron chi connectivity index (χ3n) is 8.99. The van der Waals surface area contributed by atoms with E-state index in [1.807, 2.05) is 36.7 Å². The smallest absolute Gasteiger partial charge is 0.0788 e. The fraction of sp³-hybridized carbons (Fsp3) is 0. The second-order valence-electron chi connectivity index (χ2n) is 12.0. The molecule has 9 rings (SSSR count). The summed E-state index contributed by atoms with van der Waals surface area (Å²) in [6.45, 7) is 0. The van der Waals surface area contributed by atoms with E-state index < -0.39 is 0 Å². The van der Waals surface area contributed by atoms with Gasteiger partial charge in [-0.3, -0.25) is 9.97 Å². The molecule has 0 saturated carbocycles. The molecule has 0 atom stereocenters. The van der Waals surface area contributed by atoms with Crippen molar-refractivity contribution in [2.45, 2.75) is 0 Å². The Morgan fingerprint density at radius 1 is 0.354 bits per heavy atom. The van der Waals surface area contributed by atoms with Crippen molar-refractivity contribution in [1.29, 1.82) is 0 Å². The van der Waals surface area contributed by atoms with Crippen LogP contribution in [0, 0.1) is 0 Å². The number of para-hydroxylation sites is 1. The Hall–Kier alpha value is -6.52. The van der Waals surface area contributed by atoms with E-state index in [2.05, 4.69) is 131 Å². The van der Waals surface area contributed by atoms with Gasteiger partial charge in [-0.05, 0) is 87.6 Å². The van der Waals surface area contributed by atoms with Gasteiger partial charge in [0.15, 0.2) is 0 Å². The lowest BCUT2D eigenvalue weighted by molar-refractivity contribution is 1.26. The minimum atomic E-state index is 0.869. The highest BCUT2D eigenvalue weighted by molar-refractivity contribution is 6.22. The van der Waals surface area contributed by atoms with Gasteiger partial charge in [-0.2, -0.15) is 0 Å². The summed E-state index contributed by atoms with van der Waals surface area (Å²) in [4.78, 5) is 18.9. The lowest BCUT2D eigenvalue weighted by Gasteiger charge is -2.14. The molecule has 0 N–H and O–H groups in total. The van der Waals surface area contributed by atoms with Crippen LogP contribution in [0.5, 0.6) is 0 Å². The fourth-order valence-corrected chi connectivity index (χ4v) is 6.69. The summed E-state index contributed by atoms with van der Waals surface area (Å²) in [6, 6.07) is 51.2. The van der Waals surface area contributed by atoms with E-state index in [9.17, 15) is 0 Å². The normalized spacial score (nSPS) is 11.3. The van der Waals surface area contributed by atoms with Crippen LogP contribution in [0.1, 0.15) is 0 Å². The summed E-state index contributed by atoms with van der Waals surface area (Å²) in [5.41, 5.74) is 11.2. The zero-order valence-corrected chi connectivity index (χ0v) is 26.0. The van der Waals surface area contributed by atoms with Gasteiger partial charge in [0, 0.05) is 57.6 Å². The maximum Gasteiger partial charge on any atom is 0.0788 e. The van der Waals surface area contributed by atoms with Gasteiger partial charge in [0.1, 0.15) is 0 Å². The van der Waals surface area contributed by atoms with Crippen LogP contribution in [0.15, 0.2) is 170 Å². The molecule has 9 aromatic rings. The van der Waals surface area contributed by atoms with Crippen LogP contribution < -0.4 is 0 Å². The van der Waals surface area contributed by atoms with E-state index in [0.29, 0.717) is 0 Å². The molecule has 4 heteroatoms. The molecule has 0 aliphatic heterocycles. The summed E-state index contributed by atoms with van der Waals surface area (Å²) in [5, 5.41) is 6.04. The Bertz CT molecular complexity index is 2540. The van der Waals surface area contributed by atoms with E-state index in [1.165, 1.54) is 21.5 Å². The van der Waals surface area contributed by atoms with Crippen molar-refractivity contribution in [1.82, 2.24) is 19.9 Å². The Morgan fingerprint density at radius 3 is 1.62 bits per heavy atom. The van der Waals surface area contributed by atoms with Gasteiger partial charge in [0.05, 0.1) is 22.6 Å². The van der Waals surface area contributed by atoms with Crippen LogP contribution >= 0.6 is 0 Å². The fourth-order valence-electron chi connectivity index (χ4n) is 6.69. The average Bonchev–Trinajstić information content (AvgIpc) is 3.18. The molecule has 4 aromatic heterocycles. The quantitative estimate of drug-likeness (QED) is 0.181. The first-order valence-electron chi connectivity index (χ1n) is 16.0. The molecule has 4 heterocycles. The van der Waals surface area contributed by atoms with Gasteiger partial charge in [-0.1, -0.05) is 91.0 Å². The van der Waals surface area contributed by atoms with E-state index in [4.69, 9.17) is 9.97 Å². The van der Waals surface area contributed by atoms with Crippen LogP contribution in [-0.4, -0.2) is 19.9 Å². The lowest BCUT2D eigenvalue weighted by Crippen LogP contribution is -1.92. The summed E-state index contributed by atoms with van der Waals surface area (Å²) in [5.74, 6) is 0. The first-order valence-corrected chi connectivity index (χ1v) is 16.0. The third-order valence-corrected chi connectivity index (χ3v) is 8.99. The first kappa shape index (κ1) is 27.8. The molecule has 0 bridgehead atoms. The van der Waals surface area contributed by atoms with Crippen molar-refractivity contribution < 1.29 is 0 Å². The minimum Gasteiger partial charge on any atom is -0.264 e. The van der Waals surface area contributed by atoms with Gasteiger partial charge in [-0.25, -0.2) is 9.97 Å². The highest BCUT2D eigenvalue weighted by atomic mass is 14.7.